The van der Waals surface area contributed by atoms with Crippen LogP contribution >= 0.6 is 0 Å². The Kier molecular flexibility index (Phi) is 37.2. The van der Waals surface area contributed by atoms with E-state index < -0.39 is 0 Å². The summed E-state index contributed by atoms with van der Waals surface area (Å²) >= 11 is 9.65. The molecule has 0 aromatic rings. The van der Waals surface area contributed by atoms with Crippen molar-refractivity contribution in [1.29, 1.82) is 0 Å². The average molecular weight is 411 g/mol. The van der Waals surface area contributed by atoms with Gasteiger partial charge in [0.25, 0.3) is 0 Å². The molecular formula is C16H36S2Sn. The molecule has 3 heteroatoms. The molecule has 0 heterocycles. The van der Waals surface area contributed by atoms with E-state index in [1.54, 1.807) is 0 Å². The smallest absolute Gasteiger partial charge is 0.787 e. The van der Waals surface area contributed by atoms with Gasteiger partial charge in [0, 0.05) is 0 Å². The van der Waals surface area contributed by atoms with E-state index in [0.29, 0.717) is 0 Å². The summed E-state index contributed by atoms with van der Waals surface area (Å²) in [5.41, 5.74) is 0. The van der Waals surface area contributed by atoms with Crippen molar-refractivity contribution < 1.29 is 0 Å². The van der Waals surface area contributed by atoms with Gasteiger partial charge in [-0.15, -0.1) is 0 Å². The second-order valence-electron chi connectivity index (χ2n) is 5.86. The fraction of sp³-hybridized carbons (Fsp3) is 0.875. The van der Waals surface area contributed by atoms with Crippen molar-refractivity contribution in [2.75, 3.05) is 0 Å². The zero-order valence-corrected chi connectivity index (χ0v) is 19.4. The van der Waals surface area contributed by atoms with Crippen LogP contribution in [-0.2, 0) is 25.3 Å². The third kappa shape index (κ3) is 488. The summed E-state index contributed by atoms with van der Waals surface area (Å²) in [6.07, 6.45) is 6.64. The maximum Gasteiger partial charge on any atom is 2.00 e. The molecule has 0 aliphatic heterocycles. The van der Waals surface area contributed by atoms with Gasteiger partial charge in [0.2, 0.25) is 0 Å². The topological polar surface area (TPSA) is 0 Å². The van der Waals surface area contributed by atoms with E-state index >= 15 is 0 Å². The molecule has 4 radical (unpaired) electrons. The normalized spacial score (nSPS) is 9.47. The molecule has 0 aromatic heterocycles. The van der Waals surface area contributed by atoms with E-state index in [1.807, 2.05) is 41.5 Å². The molecule has 0 unspecified atom stereocenters. The van der Waals surface area contributed by atoms with Crippen LogP contribution < -0.4 is 0 Å². The average Bonchev–Trinajstić information content (AvgIpc) is 2.12. The van der Waals surface area contributed by atoms with Crippen LogP contribution in [0, 0.1) is 12.8 Å². The van der Waals surface area contributed by atoms with Crippen LogP contribution in [0.5, 0.6) is 0 Å². The number of rotatable bonds is 2. The summed E-state index contributed by atoms with van der Waals surface area (Å²) in [7, 11) is 0. The van der Waals surface area contributed by atoms with Crippen molar-refractivity contribution in [1.82, 2.24) is 0 Å². The number of hydrogen-bond donors (Lipinski definition) is 0. The van der Waals surface area contributed by atoms with Crippen molar-refractivity contribution in [3.05, 3.63) is 12.8 Å². The summed E-state index contributed by atoms with van der Waals surface area (Å²) in [5, 5.41) is 0. The standard InChI is InChI=1S/2C4H10S.2C4H9.Sn/c2*1-4(2,3)5;2*1-3-4-2;/h2*5H,1-3H3;2*3H,4H2,1-2H3;/q;;;;+2/p-2. The van der Waals surface area contributed by atoms with Crippen LogP contribution in [0.1, 0.15) is 82.1 Å². The van der Waals surface area contributed by atoms with Gasteiger partial charge in [-0.3, -0.25) is 0 Å². The minimum Gasteiger partial charge on any atom is -0.787 e. The molecule has 0 fully saturated rings. The zero-order chi connectivity index (χ0) is 15.8. The summed E-state index contributed by atoms with van der Waals surface area (Å²) in [5.74, 6) is 0. The molecule has 0 nitrogen and oxygen atoms in total. The first-order valence-corrected chi connectivity index (χ1v) is 7.61. The SMILES string of the molecule is CC(C)(C)[S-].CC(C)(C)[S-].C[CH]CC.C[CH]CC.[Sn+2]. The van der Waals surface area contributed by atoms with Gasteiger partial charge in [-0.2, -0.15) is 9.49 Å². The van der Waals surface area contributed by atoms with Crippen LogP contribution in [0.2, 0.25) is 0 Å². The summed E-state index contributed by atoms with van der Waals surface area (Å²) in [6, 6.07) is 0. The van der Waals surface area contributed by atoms with E-state index in [-0.39, 0.29) is 33.4 Å². The maximum absolute atomic E-state index is 4.83. The van der Waals surface area contributed by atoms with Gasteiger partial charge in [0.05, 0.1) is 0 Å². The van der Waals surface area contributed by atoms with Crippen molar-refractivity contribution in [3.8, 4) is 0 Å². The molecule has 0 N–H and O–H groups in total. The third-order valence-corrected chi connectivity index (χ3v) is 0.816. The van der Waals surface area contributed by atoms with Crippen LogP contribution in [0.15, 0.2) is 0 Å². The Labute approximate surface area is 153 Å². The Morgan fingerprint density at radius 3 is 0.737 bits per heavy atom. The Hall–Kier alpha value is 1.50. The van der Waals surface area contributed by atoms with Crippen molar-refractivity contribution in [2.45, 2.75) is 91.6 Å². The first-order valence-electron chi connectivity index (χ1n) is 6.79. The zero-order valence-electron chi connectivity index (χ0n) is 14.9. The van der Waals surface area contributed by atoms with Gasteiger partial charge in [0.15, 0.2) is 0 Å². The monoisotopic (exact) mass is 412 g/mol. The van der Waals surface area contributed by atoms with Crippen molar-refractivity contribution >= 4 is 49.2 Å². The minimum atomic E-state index is 0. The Morgan fingerprint density at radius 2 is 0.737 bits per heavy atom. The van der Waals surface area contributed by atoms with Crippen LogP contribution in [0.25, 0.3) is 0 Å². The maximum atomic E-state index is 4.83. The molecule has 0 aromatic carbocycles. The van der Waals surface area contributed by atoms with Gasteiger partial charge < -0.3 is 25.3 Å². The fourth-order valence-electron chi connectivity index (χ4n) is 0. The van der Waals surface area contributed by atoms with Crippen LogP contribution in [0.4, 0.5) is 0 Å². The molecule has 0 spiro atoms. The van der Waals surface area contributed by atoms with Gasteiger partial charge in [-0.25, -0.2) is 0 Å². The van der Waals surface area contributed by atoms with Crippen LogP contribution in [-0.4, -0.2) is 33.4 Å². The predicted octanol–water partition coefficient (Wildman–Crippen LogP) is 5.52. The van der Waals surface area contributed by atoms with Gasteiger partial charge in [0.1, 0.15) is 0 Å². The fourth-order valence-corrected chi connectivity index (χ4v) is 0. The molecular weight excluding hydrogens is 375 g/mol. The molecule has 0 saturated carbocycles. The molecule has 0 atom stereocenters. The van der Waals surface area contributed by atoms with E-state index in [9.17, 15) is 0 Å². The quantitative estimate of drug-likeness (QED) is 0.433. The second-order valence-corrected chi connectivity index (χ2v) is 8.31. The van der Waals surface area contributed by atoms with E-state index in [1.165, 1.54) is 12.8 Å². The second kappa shape index (κ2) is 21.8. The molecule has 0 aliphatic carbocycles. The Morgan fingerprint density at radius 1 is 0.684 bits per heavy atom. The molecule has 0 aliphatic rings. The third-order valence-electron chi connectivity index (χ3n) is 0.816. The largest absolute Gasteiger partial charge is 2.00 e. The number of hydrogen-bond acceptors (Lipinski definition) is 2. The summed E-state index contributed by atoms with van der Waals surface area (Å²) in [6.45, 7) is 20.4. The molecule has 0 saturated heterocycles. The Balaban J connectivity index is -0.0000000453. The van der Waals surface area contributed by atoms with Crippen LogP contribution in [0.3, 0.4) is 0 Å². The van der Waals surface area contributed by atoms with Gasteiger partial charge >= 0.3 is 23.9 Å². The Bertz CT molecular complexity index is 91.7. The van der Waals surface area contributed by atoms with Crippen molar-refractivity contribution in [3.63, 3.8) is 0 Å². The molecule has 19 heavy (non-hydrogen) atoms. The van der Waals surface area contributed by atoms with E-state index in [0.717, 1.165) is 0 Å². The minimum absolute atomic E-state index is 0. The first kappa shape index (κ1) is 32.4. The van der Waals surface area contributed by atoms with E-state index in [4.69, 9.17) is 25.3 Å². The van der Waals surface area contributed by atoms with Crippen molar-refractivity contribution in [2.24, 2.45) is 0 Å². The molecule has 0 bridgehead atoms. The molecule has 0 rings (SSSR count). The summed E-state index contributed by atoms with van der Waals surface area (Å²) < 4.78 is 0.167. The molecule has 116 valence electrons. The number of unbranched alkanes of at least 4 members (excludes halogenated alkanes) is 2. The first-order chi connectivity index (χ1) is 7.83. The van der Waals surface area contributed by atoms with E-state index in [2.05, 4.69) is 40.5 Å². The summed E-state index contributed by atoms with van der Waals surface area (Å²) in [4.78, 5) is 0. The predicted molar refractivity (Wildman–Crippen MR) is 101 cm³/mol. The van der Waals surface area contributed by atoms with Gasteiger partial charge in [-0.1, -0.05) is 82.1 Å². The van der Waals surface area contributed by atoms with Gasteiger partial charge in [-0.05, 0) is 12.8 Å². The molecule has 0 amide bonds.